The summed E-state index contributed by atoms with van der Waals surface area (Å²) in [6.45, 7) is 0.800. The fourth-order valence-corrected chi connectivity index (χ4v) is 5.93. The van der Waals surface area contributed by atoms with Crippen LogP contribution in [0.2, 0.25) is 5.02 Å². The molecule has 3 unspecified atom stereocenters. The molecule has 0 aromatic heterocycles. The molecule has 2 aromatic rings. The van der Waals surface area contributed by atoms with Crippen molar-refractivity contribution in [2.75, 3.05) is 24.3 Å². The third-order valence-electron chi connectivity index (χ3n) is 6.56. The number of nitrogens with one attached hydrogen (secondary N) is 2. The number of fused-ring (bicyclic) bond motifs is 4. The van der Waals surface area contributed by atoms with E-state index in [9.17, 15) is 9.59 Å². The third kappa shape index (κ3) is 2.79. The van der Waals surface area contributed by atoms with Crippen LogP contribution < -0.4 is 15.4 Å². The van der Waals surface area contributed by atoms with Crippen LogP contribution >= 0.6 is 27.5 Å². The van der Waals surface area contributed by atoms with Crippen LogP contribution in [0.15, 0.2) is 40.9 Å². The van der Waals surface area contributed by atoms with Crippen LogP contribution in [-0.2, 0) is 15.1 Å². The predicted octanol–water partition coefficient (Wildman–Crippen LogP) is 4.38. The first-order valence-corrected chi connectivity index (χ1v) is 11.1. The number of nitrogens with zero attached hydrogens (tertiary/aromatic N) is 1. The van der Waals surface area contributed by atoms with Gasteiger partial charge < -0.3 is 15.4 Å². The van der Waals surface area contributed by atoms with Crippen LogP contribution in [0.1, 0.15) is 24.8 Å². The average molecular weight is 491 g/mol. The Labute approximate surface area is 188 Å². The summed E-state index contributed by atoms with van der Waals surface area (Å²) in [5, 5.41) is 6.51. The molecule has 3 atom stereocenters. The van der Waals surface area contributed by atoms with Gasteiger partial charge in [-0.1, -0.05) is 27.5 Å². The number of rotatable bonds is 3. The van der Waals surface area contributed by atoms with E-state index in [1.54, 1.807) is 25.3 Å². The lowest BCUT2D eigenvalue weighted by Crippen LogP contribution is -2.53. The first-order valence-electron chi connectivity index (χ1n) is 9.97. The Morgan fingerprint density at radius 3 is 2.97 bits per heavy atom. The van der Waals surface area contributed by atoms with Crippen LogP contribution in [0.3, 0.4) is 0 Å². The second kappa shape index (κ2) is 7.25. The summed E-state index contributed by atoms with van der Waals surface area (Å²) in [5.74, 6) is -0.326. The van der Waals surface area contributed by atoms with Gasteiger partial charge in [0.05, 0.1) is 18.7 Å². The molecular formula is C22H21BrClN3O3. The van der Waals surface area contributed by atoms with Gasteiger partial charge in [0.2, 0.25) is 11.8 Å². The van der Waals surface area contributed by atoms with Gasteiger partial charge >= 0.3 is 0 Å². The third-order valence-corrected chi connectivity index (χ3v) is 7.29. The second-order valence-corrected chi connectivity index (χ2v) is 9.37. The molecule has 2 saturated heterocycles. The maximum absolute atomic E-state index is 13.6. The predicted molar refractivity (Wildman–Crippen MR) is 119 cm³/mol. The van der Waals surface area contributed by atoms with Crippen LogP contribution in [-0.4, -0.2) is 36.4 Å². The largest absolute Gasteiger partial charge is 0.495 e. The molecule has 3 aliphatic heterocycles. The quantitative estimate of drug-likeness (QED) is 0.670. The fourth-order valence-electron chi connectivity index (χ4n) is 5.39. The zero-order valence-electron chi connectivity index (χ0n) is 16.4. The van der Waals surface area contributed by atoms with Crippen LogP contribution in [0.5, 0.6) is 5.75 Å². The minimum Gasteiger partial charge on any atom is -0.495 e. The summed E-state index contributed by atoms with van der Waals surface area (Å²) < 4.78 is 6.26. The molecule has 156 valence electrons. The molecule has 0 saturated carbocycles. The molecule has 1 spiro atoms. The highest BCUT2D eigenvalue weighted by molar-refractivity contribution is 9.10. The fraction of sp³-hybridized carbons (Fsp3) is 0.364. The lowest BCUT2D eigenvalue weighted by Gasteiger charge is -2.36. The molecule has 2 aromatic carbocycles. The van der Waals surface area contributed by atoms with Crippen molar-refractivity contribution in [3.05, 3.63) is 51.5 Å². The van der Waals surface area contributed by atoms with Gasteiger partial charge in [0, 0.05) is 26.8 Å². The van der Waals surface area contributed by atoms with Crippen molar-refractivity contribution in [2.24, 2.45) is 5.92 Å². The average Bonchev–Trinajstić information content (AvgIpc) is 3.37. The first-order chi connectivity index (χ1) is 14.4. The summed E-state index contributed by atoms with van der Waals surface area (Å²) in [7, 11) is 1.55. The number of carbonyl (C=O) groups excluding carboxylic acids is 2. The van der Waals surface area contributed by atoms with Gasteiger partial charge in [-0.25, -0.2) is 0 Å². The van der Waals surface area contributed by atoms with Crippen molar-refractivity contribution in [3.8, 4) is 5.75 Å². The molecule has 2 N–H and O–H groups in total. The van der Waals surface area contributed by atoms with E-state index in [2.05, 4.69) is 31.5 Å². The summed E-state index contributed by atoms with van der Waals surface area (Å²) >= 11 is 9.67. The monoisotopic (exact) mass is 489 g/mol. The van der Waals surface area contributed by atoms with E-state index >= 15 is 0 Å². The van der Waals surface area contributed by atoms with Crippen molar-refractivity contribution in [3.63, 3.8) is 0 Å². The highest BCUT2D eigenvalue weighted by Gasteiger charge is 2.65. The highest BCUT2D eigenvalue weighted by Crippen LogP contribution is 2.56. The topological polar surface area (TPSA) is 70.7 Å². The minimum atomic E-state index is -1.00. The molecule has 5 rings (SSSR count). The Morgan fingerprint density at radius 2 is 2.17 bits per heavy atom. The zero-order chi connectivity index (χ0) is 21.0. The number of ether oxygens (including phenoxy) is 1. The molecule has 0 aliphatic carbocycles. The standard InChI is InChI=1S/C22H21BrClN3O3/c1-30-19-7-5-13(24)10-18(19)25-20(28)16-11-14-3-2-8-27(14)22(16)15-9-12(23)4-6-17(15)26-21(22)29/h4-7,9-10,14,16H,2-3,8,11H2,1H3,(H,25,28)(H,26,29). The van der Waals surface area contributed by atoms with Crippen molar-refractivity contribution in [1.29, 1.82) is 0 Å². The molecule has 0 bridgehead atoms. The van der Waals surface area contributed by atoms with E-state index in [1.807, 2.05) is 18.2 Å². The normalized spacial score (nSPS) is 27.1. The van der Waals surface area contributed by atoms with E-state index < -0.39 is 11.5 Å². The van der Waals surface area contributed by atoms with Crippen LogP contribution in [0.4, 0.5) is 11.4 Å². The van der Waals surface area contributed by atoms with Gasteiger partial charge in [-0.05, 0) is 62.2 Å². The van der Waals surface area contributed by atoms with E-state index in [4.69, 9.17) is 16.3 Å². The second-order valence-electron chi connectivity index (χ2n) is 8.02. The lowest BCUT2D eigenvalue weighted by molar-refractivity contribution is -0.135. The highest BCUT2D eigenvalue weighted by atomic mass is 79.9. The van der Waals surface area contributed by atoms with Crippen molar-refractivity contribution >= 4 is 50.7 Å². The molecule has 3 aliphatic rings. The first kappa shape index (κ1) is 19.8. The smallest absolute Gasteiger partial charge is 0.250 e. The molecule has 2 amide bonds. The lowest BCUT2D eigenvalue weighted by atomic mass is 9.78. The Hall–Kier alpha value is -2.09. The number of hydrogen-bond acceptors (Lipinski definition) is 4. The summed E-state index contributed by atoms with van der Waals surface area (Å²) in [4.78, 5) is 29.3. The number of hydrogen-bond donors (Lipinski definition) is 2. The molecule has 30 heavy (non-hydrogen) atoms. The molecular weight excluding hydrogens is 470 g/mol. The van der Waals surface area contributed by atoms with E-state index in [1.165, 1.54) is 0 Å². The van der Waals surface area contributed by atoms with Crippen molar-refractivity contribution in [1.82, 2.24) is 4.90 Å². The SMILES string of the molecule is COc1ccc(Cl)cc1NC(=O)C1CC2CCCN2C12C(=O)Nc1ccc(Br)cc12. The van der Waals surface area contributed by atoms with Gasteiger partial charge in [-0.2, -0.15) is 0 Å². The van der Waals surface area contributed by atoms with Gasteiger partial charge in [-0.15, -0.1) is 0 Å². The van der Waals surface area contributed by atoms with Crippen LogP contribution in [0, 0.1) is 5.92 Å². The zero-order valence-corrected chi connectivity index (χ0v) is 18.7. The molecule has 3 heterocycles. The Bertz CT molecular complexity index is 1060. The Kier molecular flexibility index (Phi) is 4.80. The van der Waals surface area contributed by atoms with E-state index in [0.717, 1.165) is 35.1 Å². The Balaban J connectivity index is 1.59. The van der Waals surface area contributed by atoms with Gasteiger partial charge in [0.15, 0.2) is 0 Å². The van der Waals surface area contributed by atoms with E-state index in [-0.39, 0.29) is 17.9 Å². The van der Waals surface area contributed by atoms with Crippen LogP contribution in [0.25, 0.3) is 0 Å². The summed E-state index contributed by atoms with van der Waals surface area (Å²) in [5.41, 5.74) is 1.14. The minimum absolute atomic E-state index is 0.127. The maximum Gasteiger partial charge on any atom is 0.250 e. The van der Waals surface area contributed by atoms with Crippen molar-refractivity contribution < 1.29 is 14.3 Å². The molecule has 8 heteroatoms. The molecule has 2 fully saturated rings. The number of methoxy groups -OCH3 is 1. The number of halogens is 2. The number of benzene rings is 2. The molecule has 0 radical (unpaired) electrons. The summed E-state index contributed by atoms with van der Waals surface area (Å²) in [6.07, 6.45) is 2.65. The molecule has 6 nitrogen and oxygen atoms in total. The van der Waals surface area contributed by atoms with E-state index in [0.29, 0.717) is 22.9 Å². The van der Waals surface area contributed by atoms with Gasteiger partial charge in [-0.3, -0.25) is 14.5 Å². The summed E-state index contributed by atoms with van der Waals surface area (Å²) in [6, 6.07) is 11.1. The Morgan fingerprint density at radius 1 is 1.33 bits per heavy atom. The van der Waals surface area contributed by atoms with Crippen molar-refractivity contribution in [2.45, 2.75) is 30.8 Å². The van der Waals surface area contributed by atoms with Gasteiger partial charge in [0.1, 0.15) is 11.3 Å². The number of carbonyl (C=O) groups is 2. The maximum atomic E-state index is 13.6. The van der Waals surface area contributed by atoms with Gasteiger partial charge in [0.25, 0.3) is 0 Å². The number of anilines is 2. The number of amides is 2.